The lowest BCUT2D eigenvalue weighted by Crippen LogP contribution is -2.22. The Morgan fingerprint density at radius 3 is 1.38 bits per heavy atom. The van der Waals surface area contributed by atoms with Crippen LogP contribution in [0.5, 0.6) is 0 Å². The molecule has 0 saturated carbocycles. The van der Waals surface area contributed by atoms with Crippen molar-refractivity contribution in [2.24, 2.45) is 0 Å². The molecule has 0 bridgehead atoms. The van der Waals surface area contributed by atoms with Crippen LogP contribution in [0.3, 0.4) is 0 Å². The van der Waals surface area contributed by atoms with Gasteiger partial charge in [-0.25, -0.2) is 0 Å². The van der Waals surface area contributed by atoms with Gasteiger partial charge in [0.15, 0.2) is 0 Å². The van der Waals surface area contributed by atoms with Gasteiger partial charge in [-0.2, -0.15) is 0 Å². The van der Waals surface area contributed by atoms with E-state index in [0.717, 1.165) is 12.6 Å². The van der Waals surface area contributed by atoms with Crippen molar-refractivity contribution in [3.63, 3.8) is 0 Å². The van der Waals surface area contributed by atoms with E-state index in [2.05, 4.69) is 88.6 Å². The van der Waals surface area contributed by atoms with Gasteiger partial charge in [0, 0.05) is 34.6 Å². The van der Waals surface area contributed by atoms with Crippen LogP contribution in [0.2, 0.25) is 0 Å². The second-order valence-corrected chi connectivity index (χ2v) is 15.2. The highest BCUT2D eigenvalue weighted by Gasteiger charge is 2.37. The summed E-state index contributed by atoms with van der Waals surface area (Å²) in [6.45, 7) is 14.4. The third-order valence-electron chi connectivity index (χ3n) is 5.38. The molecule has 2 nitrogen and oxygen atoms in total. The molecule has 2 aromatic rings. The van der Waals surface area contributed by atoms with E-state index in [-0.39, 0.29) is 15.8 Å². The average molecular weight is 384 g/mol. The van der Waals surface area contributed by atoms with Crippen molar-refractivity contribution in [2.45, 2.75) is 51.9 Å². The zero-order chi connectivity index (χ0) is 18.7. The van der Waals surface area contributed by atoms with Crippen molar-refractivity contribution in [1.82, 2.24) is 0 Å². The summed E-state index contributed by atoms with van der Waals surface area (Å²) in [6.07, 6.45) is 2.21. The third kappa shape index (κ3) is 2.96. The van der Waals surface area contributed by atoms with Gasteiger partial charge in [-0.15, -0.1) is 0 Å². The number of hydrogen-bond donors (Lipinski definition) is 2. The number of anilines is 2. The molecule has 0 fully saturated rings. The Bertz CT molecular complexity index is 775. The Labute approximate surface area is 160 Å². The molecule has 0 spiro atoms. The summed E-state index contributed by atoms with van der Waals surface area (Å²) in [5, 5.41) is 11.2. The molecule has 2 atom stereocenters. The topological polar surface area (TPSA) is 24.1 Å². The van der Waals surface area contributed by atoms with Gasteiger partial charge in [-0.3, -0.25) is 0 Å². The molecule has 2 aliphatic rings. The van der Waals surface area contributed by atoms with Gasteiger partial charge < -0.3 is 10.6 Å². The van der Waals surface area contributed by atoms with Crippen LogP contribution in [0.4, 0.5) is 11.4 Å². The lowest BCUT2D eigenvalue weighted by Gasteiger charge is -2.31. The van der Waals surface area contributed by atoms with Crippen LogP contribution >= 0.6 is 15.8 Å². The van der Waals surface area contributed by atoms with Crippen molar-refractivity contribution in [3.8, 4) is 11.1 Å². The predicted octanol–water partition coefficient (Wildman–Crippen LogP) is 5.93. The zero-order valence-electron chi connectivity index (χ0n) is 16.8. The molecule has 4 rings (SSSR count). The maximum atomic E-state index is 3.69. The molecule has 138 valence electrons. The lowest BCUT2D eigenvalue weighted by atomic mass is 10.0. The lowest BCUT2D eigenvalue weighted by molar-refractivity contribution is 0.788. The highest BCUT2D eigenvalue weighted by Crippen LogP contribution is 2.57. The highest BCUT2D eigenvalue weighted by molar-refractivity contribution is 7.69. The van der Waals surface area contributed by atoms with E-state index in [1.54, 1.807) is 10.6 Å². The molecule has 0 saturated heterocycles. The van der Waals surface area contributed by atoms with Crippen LogP contribution in [0.25, 0.3) is 11.1 Å². The van der Waals surface area contributed by atoms with Gasteiger partial charge in [0.1, 0.15) is 0 Å². The fraction of sp³-hybridized carbons (Fsp3) is 0.455. The molecule has 2 aromatic carbocycles. The van der Waals surface area contributed by atoms with E-state index in [9.17, 15) is 0 Å². The van der Waals surface area contributed by atoms with Crippen LogP contribution in [0.1, 0.15) is 41.5 Å². The quantitative estimate of drug-likeness (QED) is 0.596. The van der Waals surface area contributed by atoms with Crippen LogP contribution in [0.15, 0.2) is 36.4 Å². The largest absolute Gasteiger partial charge is 0.380 e. The van der Waals surface area contributed by atoms with E-state index in [4.69, 9.17) is 0 Å². The maximum absolute atomic E-state index is 3.69. The molecule has 4 heteroatoms. The monoisotopic (exact) mass is 384 g/mol. The first-order valence-corrected chi connectivity index (χ1v) is 12.5. The van der Waals surface area contributed by atoms with Crippen LogP contribution in [-0.4, -0.2) is 22.9 Å². The Kier molecular flexibility index (Phi) is 4.37. The standard InChI is InChI=1S/C22H30N2P2/c1-21(2,3)25-13-23-17-11-7-9-15(19(17)25)16-10-8-12-18-20(16)26(14-24-18)22(4,5)6/h7-12,23-24H,13-14H2,1-6H3. The Morgan fingerprint density at radius 1 is 0.654 bits per heavy atom. The molecule has 0 aromatic heterocycles. The van der Waals surface area contributed by atoms with E-state index >= 15 is 0 Å². The van der Waals surface area contributed by atoms with Crippen LogP contribution in [0, 0.1) is 0 Å². The van der Waals surface area contributed by atoms with Crippen LogP contribution in [-0.2, 0) is 0 Å². The summed E-state index contributed by atoms with van der Waals surface area (Å²) in [6, 6.07) is 13.7. The average Bonchev–Trinajstić information content (AvgIpc) is 3.17. The molecule has 2 heterocycles. The van der Waals surface area contributed by atoms with E-state index in [1.807, 2.05) is 0 Å². The maximum Gasteiger partial charge on any atom is 0.0428 e. The second-order valence-electron chi connectivity index (χ2n) is 9.27. The van der Waals surface area contributed by atoms with Crippen molar-refractivity contribution in [2.75, 3.05) is 23.2 Å². The molecule has 0 radical (unpaired) electrons. The number of nitrogens with one attached hydrogen (secondary N) is 2. The zero-order valence-corrected chi connectivity index (χ0v) is 18.6. The van der Waals surface area contributed by atoms with E-state index in [0.29, 0.717) is 10.3 Å². The molecule has 2 aliphatic heterocycles. The summed E-state index contributed by atoms with van der Waals surface area (Å²) < 4.78 is 0. The molecule has 2 unspecified atom stereocenters. The normalized spacial score (nSPS) is 21.8. The number of fused-ring (bicyclic) bond motifs is 2. The fourth-order valence-electron chi connectivity index (χ4n) is 4.02. The summed E-state index contributed by atoms with van der Waals surface area (Å²) >= 11 is 0. The molecule has 0 amide bonds. The first kappa shape index (κ1) is 18.3. The van der Waals surface area contributed by atoms with E-state index < -0.39 is 0 Å². The number of rotatable bonds is 1. The minimum Gasteiger partial charge on any atom is -0.380 e. The summed E-state index contributed by atoms with van der Waals surface area (Å²) in [5.74, 6) is 0. The smallest absolute Gasteiger partial charge is 0.0428 e. The van der Waals surface area contributed by atoms with Crippen molar-refractivity contribution < 1.29 is 0 Å². The minimum atomic E-state index is -0.220. The summed E-state index contributed by atoms with van der Waals surface area (Å²) in [7, 11) is -0.439. The molecule has 0 aliphatic carbocycles. The molecule has 2 N–H and O–H groups in total. The van der Waals surface area contributed by atoms with Gasteiger partial charge in [-0.1, -0.05) is 65.8 Å². The Balaban J connectivity index is 1.93. The van der Waals surface area contributed by atoms with Crippen molar-refractivity contribution >= 4 is 37.8 Å². The van der Waals surface area contributed by atoms with Gasteiger partial charge in [-0.05, 0) is 49.4 Å². The van der Waals surface area contributed by atoms with Gasteiger partial charge in [0.25, 0.3) is 0 Å². The molecular weight excluding hydrogens is 354 g/mol. The van der Waals surface area contributed by atoms with Gasteiger partial charge in [0.2, 0.25) is 0 Å². The highest BCUT2D eigenvalue weighted by atomic mass is 31.1. The Morgan fingerprint density at radius 2 is 1.04 bits per heavy atom. The number of hydrogen-bond acceptors (Lipinski definition) is 2. The number of benzene rings is 2. The first-order valence-electron chi connectivity index (χ1n) is 9.47. The van der Waals surface area contributed by atoms with Crippen molar-refractivity contribution in [1.29, 1.82) is 0 Å². The van der Waals surface area contributed by atoms with E-state index in [1.165, 1.54) is 22.5 Å². The molecule has 26 heavy (non-hydrogen) atoms. The van der Waals surface area contributed by atoms with Gasteiger partial charge >= 0.3 is 0 Å². The van der Waals surface area contributed by atoms with Gasteiger partial charge in [0.05, 0.1) is 0 Å². The SMILES string of the molecule is CC(C)(C)P1CNc2cccc(-c3cccc4c3P(C(C)(C)C)CN4)c21. The first-order chi connectivity index (χ1) is 12.2. The third-order valence-corrected chi connectivity index (χ3v) is 11.6. The summed E-state index contributed by atoms with van der Waals surface area (Å²) in [4.78, 5) is 0. The second kappa shape index (κ2) is 6.22. The fourth-order valence-corrected chi connectivity index (χ4v) is 9.14. The van der Waals surface area contributed by atoms with Crippen LogP contribution < -0.4 is 21.2 Å². The Hall–Kier alpha value is -1.10. The molecular formula is C22H30N2P2. The minimum absolute atomic E-state index is 0.220. The van der Waals surface area contributed by atoms with Crippen molar-refractivity contribution in [3.05, 3.63) is 36.4 Å². The summed E-state index contributed by atoms with van der Waals surface area (Å²) in [5.41, 5.74) is 5.64. The predicted molar refractivity (Wildman–Crippen MR) is 121 cm³/mol.